The first-order valence-electron chi connectivity index (χ1n) is 8.92. The molecule has 1 N–H and O–H groups in total. The van der Waals surface area contributed by atoms with Crippen LogP contribution in [0.4, 0.5) is 5.69 Å². The van der Waals surface area contributed by atoms with Crippen molar-refractivity contribution in [1.82, 2.24) is 0 Å². The third-order valence-corrected chi connectivity index (χ3v) is 4.99. The molecule has 0 aromatic heterocycles. The number of nitrogens with one attached hydrogen (secondary N) is 1. The van der Waals surface area contributed by atoms with Crippen molar-refractivity contribution in [1.29, 1.82) is 0 Å². The van der Waals surface area contributed by atoms with Crippen LogP contribution in [0.25, 0.3) is 0 Å². The predicted molar refractivity (Wildman–Crippen MR) is 103 cm³/mol. The van der Waals surface area contributed by atoms with E-state index in [0.29, 0.717) is 16.3 Å². The summed E-state index contributed by atoms with van der Waals surface area (Å²) in [6.45, 7) is 1.88. The van der Waals surface area contributed by atoms with E-state index in [1.807, 2.05) is 25.1 Å². The zero-order valence-corrected chi connectivity index (χ0v) is 15.5. The zero-order chi connectivity index (χ0) is 18.5. The fourth-order valence-corrected chi connectivity index (χ4v) is 3.38. The van der Waals surface area contributed by atoms with Crippen LogP contribution in [0.1, 0.15) is 58.4 Å². The first-order valence-corrected chi connectivity index (χ1v) is 9.30. The number of anilines is 1. The molecular formula is C21H22ClNO3. The molecule has 5 heteroatoms. The van der Waals surface area contributed by atoms with Gasteiger partial charge in [-0.1, -0.05) is 36.2 Å². The predicted octanol–water partition coefficient (Wildman–Crippen LogP) is 5.39. The van der Waals surface area contributed by atoms with Crippen LogP contribution in [-0.4, -0.2) is 18.0 Å². The van der Waals surface area contributed by atoms with Crippen molar-refractivity contribution in [3.8, 4) is 0 Å². The first-order chi connectivity index (χ1) is 12.5. The Morgan fingerprint density at radius 3 is 2.50 bits per heavy atom. The summed E-state index contributed by atoms with van der Waals surface area (Å²) >= 11 is 6.17. The highest BCUT2D eigenvalue weighted by atomic mass is 35.5. The standard InChI is InChI=1S/C21H22ClNO3/c1-14-7-5-6-10-17(14)20(24)23-15-11-12-19(22)18(13-15)21(25)26-16-8-3-2-4-9-16/h5-7,10-13,16H,2-4,8-9H2,1H3,(H,23,24). The fraction of sp³-hybridized carbons (Fsp3) is 0.333. The Labute approximate surface area is 158 Å². The van der Waals surface area contributed by atoms with Crippen LogP contribution in [0.3, 0.4) is 0 Å². The van der Waals surface area contributed by atoms with Crippen LogP contribution in [-0.2, 0) is 4.74 Å². The molecule has 1 saturated carbocycles. The van der Waals surface area contributed by atoms with E-state index >= 15 is 0 Å². The van der Waals surface area contributed by atoms with Gasteiger partial charge in [-0.3, -0.25) is 4.79 Å². The Morgan fingerprint density at radius 2 is 1.77 bits per heavy atom. The van der Waals surface area contributed by atoms with Crippen LogP contribution in [0.15, 0.2) is 42.5 Å². The number of aryl methyl sites for hydroxylation is 1. The van der Waals surface area contributed by atoms with Crippen molar-refractivity contribution >= 4 is 29.2 Å². The SMILES string of the molecule is Cc1ccccc1C(=O)Nc1ccc(Cl)c(C(=O)OC2CCCCC2)c1. The minimum Gasteiger partial charge on any atom is -0.459 e. The number of halogens is 1. The Balaban J connectivity index is 1.73. The van der Waals surface area contributed by atoms with E-state index in [4.69, 9.17) is 16.3 Å². The molecule has 136 valence electrons. The molecule has 0 spiro atoms. The van der Waals surface area contributed by atoms with E-state index < -0.39 is 5.97 Å². The second-order valence-electron chi connectivity index (χ2n) is 6.63. The summed E-state index contributed by atoms with van der Waals surface area (Å²) in [6, 6.07) is 12.2. The average molecular weight is 372 g/mol. The maximum absolute atomic E-state index is 12.5. The fourth-order valence-electron chi connectivity index (χ4n) is 3.18. The molecule has 3 rings (SSSR count). The van der Waals surface area contributed by atoms with Crippen LogP contribution in [0, 0.1) is 6.92 Å². The molecule has 0 radical (unpaired) electrons. The van der Waals surface area contributed by atoms with Gasteiger partial charge in [0.1, 0.15) is 6.10 Å². The number of hydrogen-bond donors (Lipinski definition) is 1. The first kappa shape index (κ1) is 18.5. The Morgan fingerprint density at radius 1 is 1.04 bits per heavy atom. The van der Waals surface area contributed by atoms with Crippen LogP contribution >= 0.6 is 11.6 Å². The quantitative estimate of drug-likeness (QED) is 0.733. The smallest absolute Gasteiger partial charge is 0.340 e. The molecular weight excluding hydrogens is 350 g/mol. The topological polar surface area (TPSA) is 55.4 Å². The van der Waals surface area contributed by atoms with Crippen molar-refractivity contribution in [2.24, 2.45) is 0 Å². The van der Waals surface area contributed by atoms with Crippen molar-refractivity contribution in [3.63, 3.8) is 0 Å². The van der Waals surface area contributed by atoms with E-state index in [-0.39, 0.29) is 17.6 Å². The second kappa shape index (κ2) is 8.37. The summed E-state index contributed by atoms with van der Waals surface area (Å²) in [5, 5.41) is 3.14. The Hall–Kier alpha value is -2.33. The summed E-state index contributed by atoms with van der Waals surface area (Å²) in [6.07, 6.45) is 5.10. The number of carbonyl (C=O) groups is 2. The lowest BCUT2D eigenvalue weighted by molar-refractivity contribution is 0.0211. The number of amides is 1. The molecule has 0 heterocycles. The number of hydrogen-bond acceptors (Lipinski definition) is 3. The van der Waals surface area contributed by atoms with Crippen molar-refractivity contribution < 1.29 is 14.3 Å². The van der Waals surface area contributed by atoms with Crippen LogP contribution < -0.4 is 5.32 Å². The lowest BCUT2D eigenvalue weighted by atomic mass is 9.98. The molecule has 0 saturated heterocycles. The largest absolute Gasteiger partial charge is 0.459 e. The van der Waals surface area contributed by atoms with Crippen molar-refractivity contribution in [2.45, 2.75) is 45.1 Å². The molecule has 26 heavy (non-hydrogen) atoms. The van der Waals surface area contributed by atoms with Gasteiger partial charge in [0.25, 0.3) is 5.91 Å². The van der Waals surface area contributed by atoms with Gasteiger partial charge in [-0.05, 0) is 62.4 Å². The summed E-state index contributed by atoms with van der Waals surface area (Å²) in [5.41, 5.74) is 2.27. The number of carbonyl (C=O) groups excluding carboxylic acids is 2. The maximum Gasteiger partial charge on any atom is 0.340 e. The van der Waals surface area contributed by atoms with E-state index in [0.717, 1.165) is 31.2 Å². The lowest BCUT2D eigenvalue weighted by Crippen LogP contribution is -2.21. The maximum atomic E-state index is 12.5. The summed E-state index contributed by atoms with van der Waals surface area (Å²) < 4.78 is 5.59. The minimum atomic E-state index is -0.436. The van der Waals surface area contributed by atoms with E-state index in [1.165, 1.54) is 6.42 Å². The van der Waals surface area contributed by atoms with Crippen LogP contribution in [0.2, 0.25) is 5.02 Å². The molecule has 0 bridgehead atoms. The number of ether oxygens (including phenoxy) is 1. The zero-order valence-electron chi connectivity index (χ0n) is 14.8. The van der Waals surface area contributed by atoms with Gasteiger partial charge >= 0.3 is 5.97 Å². The summed E-state index contributed by atoms with van der Waals surface area (Å²) in [7, 11) is 0. The molecule has 2 aromatic carbocycles. The van der Waals surface area contributed by atoms with Gasteiger partial charge < -0.3 is 10.1 Å². The highest BCUT2D eigenvalue weighted by Gasteiger charge is 2.21. The highest BCUT2D eigenvalue weighted by Crippen LogP contribution is 2.26. The third kappa shape index (κ3) is 4.44. The Kier molecular flexibility index (Phi) is 5.94. The van der Waals surface area contributed by atoms with Gasteiger partial charge in [-0.2, -0.15) is 0 Å². The molecule has 0 atom stereocenters. The summed E-state index contributed by atoms with van der Waals surface area (Å²) in [5.74, 6) is -0.661. The van der Waals surface area contributed by atoms with Gasteiger partial charge in [0.05, 0.1) is 10.6 Å². The van der Waals surface area contributed by atoms with Gasteiger partial charge in [0, 0.05) is 11.3 Å². The minimum absolute atomic E-state index is 0.0440. The van der Waals surface area contributed by atoms with Gasteiger partial charge in [0.15, 0.2) is 0 Å². The molecule has 4 nitrogen and oxygen atoms in total. The summed E-state index contributed by atoms with van der Waals surface area (Å²) in [4.78, 5) is 24.9. The van der Waals surface area contributed by atoms with E-state index in [1.54, 1.807) is 24.3 Å². The monoisotopic (exact) mass is 371 g/mol. The molecule has 1 aliphatic carbocycles. The van der Waals surface area contributed by atoms with E-state index in [2.05, 4.69) is 5.32 Å². The number of esters is 1. The molecule has 0 unspecified atom stereocenters. The number of benzene rings is 2. The molecule has 0 aliphatic heterocycles. The molecule has 1 amide bonds. The van der Waals surface area contributed by atoms with Crippen molar-refractivity contribution in [3.05, 3.63) is 64.2 Å². The van der Waals surface area contributed by atoms with Gasteiger partial charge in [-0.15, -0.1) is 0 Å². The number of rotatable bonds is 4. The molecule has 1 aliphatic rings. The van der Waals surface area contributed by atoms with Gasteiger partial charge in [-0.25, -0.2) is 4.79 Å². The van der Waals surface area contributed by atoms with Crippen molar-refractivity contribution in [2.75, 3.05) is 5.32 Å². The highest BCUT2D eigenvalue weighted by molar-refractivity contribution is 6.33. The lowest BCUT2D eigenvalue weighted by Gasteiger charge is -2.22. The second-order valence-corrected chi connectivity index (χ2v) is 7.04. The Bertz CT molecular complexity index is 813. The molecule has 2 aromatic rings. The van der Waals surface area contributed by atoms with Crippen LogP contribution in [0.5, 0.6) is 0 Å². The average Bonchev–Trinajstić information content (AvgIpc) is 2.64. The normalized spacial score (nSPS) is 14.7. The van der Waals surface area contributed by atoms with Gasteiger partial charge in [0.2, 0.25) is 0 Å². The van der Waals surface area contributed by atoms with E-state index in [9.17, 15) is 9.59 Å². The third-order valence-electron chi connectivity index (χ3n) is 4.66. The molecule has 1 fully saturated rings.